The van der Waals surface area contributed by atoms with Crippen molar-refractivity contribution in [2.75, 3.05) is 44.4 Å². The molecular formula is C49H77N9O5Si2. The Morgan fingerprint density at radius 2 is 1.55 bits per heavy atom. The third-order valence-corrected chi connectivity index (χ3v) is 23.3. The van der Waals surface area contributed by atoms with Gasteiger partial charge in [0, 0.05) is 55.3 Å². The molecule has 1 unspecified atom stereocenters. The third kappa shape index (κ3) is 11.9. The van der Waals surface area contributed by atoms with Gasteiger partial charge in [-0.15, -0.1) is 5.10 Å². The van der Waals surface area contributed by atoms with E-state index in [1.54, 1.807) is 0 Å². The van der Waals surface area contributed by atoms with Crippen LogP contribution in [0.2, 0.25) is 36.3 Å². The van der Waals surface area contributed by atoms with Gasteiger partial charge in [-0.1, -0.05) is 59.2 Å². The summed E-state index contributed by atoms with van der Waals surface area (Å²) in [5, 5.41) is 15.6. The zero-order chi connectivity index (χ0) is 47.0. The summed E-state index contributed by atoms with van der Waals surface area (Å²) in [6, 6.07) is 8.56. The molecule has 5 aromatic rings. The van der Waals surface area contributed by atoms with Crippen LogP contribution in [0, 0.1) is 5.92 Å². The van der Waals surface area contributed by atoms with E-state index in [0.717, 1.165) is 83.5 Å². The summed E-state index contributed by atoms with van der Waals surface area (Å²) in [6.45, 7) is 33.8. The van der Waals surface area contributed by atoms with Crippen molar-refractivity contribution >= 4 is 45.0 Å². The molecule has 356 valence electrons. The predicted octanol–water partition coefficient (Wildman–Crippen LogP) is 11.1. The number of hydrogen-bond acceptors (Lipinski definition) is 10. The number of hydrogen-bond donors (Lipinski definition) is 0. The number of aromatic nitrogens is 7. The lowest BCUT2D eigenvalue weighted by Gasteiger charge is -2.38. The molecule has 0 radical (unpaired) electrons. The Bertz CT molecular complexity index is 2360. The van der Waals surface area contributed by atoms with E-state index < -0.39 is 22.2 Å². The Morgan fingerprint density at radius 1 is 0.862 bits per heavy atom. The molecule has 14 nitrogen and oxygen atoms in total. The summed E-state index contributed by atoms with van der Waals surface area (Å²) in [5.41, 5.74) is 5.94. The Labute approximate surface area is 389 Å². The molecule has 1 aromatic carbocycles. The molecule has 4 aromatic heterocycles. The first-order valence-corrected chi connectivity index (χ1v) is 29.8. The summed E-state index contributed by atoms with van der Waals surface area (Å²) in [7, 11) is -3.96. The highest BCUT2D eigenvalue weighted by atomic mass is 28.4. The van der Waals surface area contributed by atoms with Crippen molar-refractivity contribution in [3.05, 3.63) is 60.3 Å². The van der Waals surface area contributed by atoms with E-state index in [9.17, 15) is 4.79 Å². The summed E-state index contributed by atoms with van der Waals surface area (Å²) >= 11 is 0. The van der Waals surface area contributed by atoms with Gasteiger partial charge in [-0.25, -0.2) is 19.1 Å². The van der Waals surface area contributed by atoms with E-state index in [1.807, 2.05) is 59.4 Å². The second kappa shape index (κ2) is 19.3. The summed E-state index contributed by atoms with van der Waals surface area (Å²) < 4.78 is 31.6. The summed E-state index contributed by atoms with van der Waals surface area (Å²) in [4.78, 5) is 22.5. The van der Waals surface area contributed by atoms with Gasteiger partial charge in [0.2, 0.25) is 0 Å². The van der Waals surface area contributed by atoms with Crippen LogP contribution in [-0.4, -0.2) is 107 Å². The molecule has 2 fully saturated rings. The van der Waals surface area contributed by atoms with Crippen molar-refractivity contribution in [2.45, 2.75) is 162 Å². The number of pyridine rings is 1. The number of rotatable bonds is 17. The number of carbonyl (C=O) groups is 1. The highest BCUT2D eigenvalue weighted by Gasteiger charge is 2.38. The van der Waals surface area contributed by atoms with E-state index in [4.69, 9.17) is 33.5 Å². The van der Waals surface area contributed by atoms with Gasteiger partial charge in [0.25, 0.3) is 0 Å². The summed E-state index contributed by atoms with van der Waals surface area (Å²) in [6.07, 6.45) is 14.3. The Kier molecular flexibility index (Phi) is 14.5. The van der Waals surface area contributed by atoms with Gasteiger partial charge in [0.1, 0.15) is 16.9 Å². The van der Waals surface area contributed by atoms with Crippen molar-refractivity contribution in [3.8, 4) is 11.3 Å². The number of ether oxygens (including phenoxy) is 2. The van der Waals surface area contributed by atoms with Crippen LogP contribution in [0.5, 0.6) is 0 Å². The third-order valence-electron chi connectivity index (χ3n) is 14.2. The highest BCUT2D eigenvalue weighted by molar-refractivity contribution is 6.74. The fourth-order valence-electron chi connectivity index (χ4n) is 7.96. The van der Waals surface area contributed by atoms with Crippen LogP contribution in [0.3, 0.4) is 0 Å². The fraction of sp³-hybridized carbons (Fsp3) is 0.653. The van der Waals surface area contributed by atoms with Gasteiger partial charge >= 0.3 is 6.09 Å². The predicted molar refractivity (Wildman–Crippen MR) is 264 cm³/mol. The van der Waals surface area contributed by atoms with Gasteiger partial charge in [0.05, 0.1) is 49.9 Å². The highest BCUT2D eigenvalue weighted by Crippen LogP contribution is 2.39. The zero-order valence-electron chi connectivity index (χ0n) is 41.7. The minimum atomic E-state index is -1.98. The van der Waals surface area contributed by atoms with Crippen LogP contribution in [0.15, 0.2) is 49.1 Å². The molecule has 1 aliphatic carbocycles. The second-order valence-corrected chi connectivity index (χ2v) is 32.2. The molecule has 1 aliphatic heterocycles. The number of carbonyl (C=O) groups excluding carboxylic acids is 1. The lowest BCUT2D eigenvalue weighted by Crippen LogP contribution is -2.44. The minimum absolute atomic E-state index is 0.111. The molecule has 65 heavy (non-hydrogen) atoms. The average molecular weight is 928 g/mol. The first-order chi connectivity index (χ1) is 30.5. The lowest BCUT2D eigenvalue weighted by molar-refractivity contribution is -0.0366. The molecule has 1 amide bonds. The van der Waals surface area contributed by atoms with Crippen LogP contribution in [0.1, 0.15) is 118 Å². The van der Waals surface area contributed by atoms with Gasteiger partial charge in [-0.2, -0.15) is 5.10 Å². The molecule has 1 saturated carbocycles. The van der Waals surface area contributed by atoms with E-state index in [-0.39, 0.29) is 22.4 Å². The van der Waals surface area contributed by atoms with Crippen LogP contribution >= 0.6 is 0 Å². The van der Waals surface area contributed by atoms with Crippen LogP contribution in [0.25, 0.3) is 27.8 Å². The number of fused-ring (bicyclic) bond motifs is 2. The van der Waals surface area contributed by atoms with Crippen molar-refractivity contribution in [1.29, 1.82) is 0 Å². The molecule has 0 spiro atoms. The van der Waals surface area contributed by atoms with Crippen molar-refractivity contribution < 1.29 is 23.1 Å². The van der Waals surface area contributed by atoms with Crippen LogP contribution in [0.4, 0.5) is 10.5 Å². The van der Waals surface area contributed by atoms with Crippen LogP contribution in [-0.2, 0) is 31.4 Å². The Hall–Kier alpha value is -4.10. The molecular weight excluding hydrogens is 851 g/mol. The molecule has 5 heterocycles. The maximum Gasteiger partial charge on any atom is 0.410 e. The minimum Gasteiger partial charge on any atom is -0.444 e. The number of imidazole rings is 1. The smallest absolute Gasteiger partial charge is 0.410 e. The lowest BCUT2D eigenvalue weighted by atomic mass is 9.85. The Balaban J connectivity index is 1.17. The van der Waals surface area contributed by atoms with Crippen molar-refractivity contribution in [3.63, 3.8) is 0 Å². The molecule has 2 aliphatic rings. The number of anilines is 1. The fourth-order valence-corrected chi connectivity index (χ4v) is 10.0. The van der Waals surface area contributed by atoms with E-state index in [0.29, 0.717) is 51.9 Å². The maximum absolute atomic E-state index is 13.3. The van der Waals surface area contributed by atoms with Crippen molar-refractivity contribution in [1.82, 2.24) is 39.1 Å². The summed E-state index contributed by atoms with van der Waals surface area (Å²) in [5.74, 6) is 0.525. The standard InChI is InChI=1S/C49H77N9O5Si2/c1-47(2,3)63-46(59)56(30-36-17-16-18-36)32-37-20-21-44-51-38(33-55(44)31-37)34-57-35-42(52-53-57)40-27-39(28-43-41(40)29-50-58(43)45-19-14-15-24-60-45)54(22-25-61-64(10,11)48(4,5)6)23-26-62-65(12,13)49(7,8)9/h20-21,27-29,31,33,35-36,45H,14-19,22-26,30,32,34H2,1-13H3. The monoisotopic (exact) mass is 928 g/mol. The quantitative estimate of drug-likeness (QED) is 0.0832. The van der Waals surface area contributed by atoms with Gasteiger partial charge < -0.3 is 32.5 Å². The van der Waals surface area contributed by atoms with E-state index in [1.165, 1.54) is 6.42 Å². The first-order valence-electron chi connectivity index (χ1n) is 24.0. The first kappa shape index (κ1) is 48.8. The van der Waals surface area contributed by atoms with Gasteiger partial charge in [-0.05, 0) is 119 Å². The van der Waals surface area contributed by atoms with Gasteiger partial charge in [0.15, 0.2) is 22.9 Å². The molecule has 7 rings (SSSR count). The van der Waals surface area contributed by atoms with Crippen molar-refractivity contribution in [2.24, 2.45) is 5.92 Å². The van der Waals surface area contributed by atoms with Crippen LogP contribution < -0.4 is 4.90 Å². The Morgan fingerprint density at radius 3 is 2.15 bits per heavy atom. The SMILES string of the molecule is CC(C)(C)OC(=O)N(Cc1ccc2nc(Cn3cc(-c4cc(N(CCO[Si](C)(C)C(C)(C)C)CCO[Si](C)(C)C(C)(C)C)cc5c4cnn5C4CCCCO4)nn3)cn2c1)CC1CCC1. The zero-order valence-corrected chi connectivity index (χ0v) is 43.7. The number of benzene rings is 1. The normalized spacial score (nSPS) is 16.9. The molecule has 1 saturated heterocycles. The van der Waals surface area contributed by atoms with Gasteiger partial charge in [-0.3, -0.25) is 0 Å². The maximum atomic E-state index is 13.3. The largest absolute Gasteiger partial charge is 0.444 e. The molecule has 0 N–H and O–H groups in total. The van der Waals surface area contributed by atoms with E-state index in [2.05, 4.69) is 107 Å². The second-order valence-electron chi connectivity index (χ2n) is 22.5. The topological polar surface area (TPSA) is 126 Å². The molecule has 0 bridgehead atoms. The molecule has 1 atom stereocenters. The average Bonchev–Trinajstić information content (AvgIpc) is 3.95. The van der Waals surface area contributed by atoms with E-state index >= 15 is 0 Å². The number of nitrogens with zero attached hydrogens (tertiary/aromatic N) is 9. The number of amides is 1. The molecule has 16 heteroatoms.